The summed E-state index contributed by atoms with van der Waals surface area (Å²) in [7, 11) is 0. The molecule has 1 fully saturated rings. The normalized spacial score (nSPS) is 15.0. The second kappa shape index (κ2) is 7.72. The lowest BCUT2D eigenvalue weighted by molar-refractivity contribution is -0.126. The van der Waals surface area contributed by atoms with E-state index in [0.717, 1.165) is 31.2 Å². The topological polar surface area (TPSA) is 99.8 Å². The summed E-state index contributed by atoms with van der Waals surface area (Å²) in [6, 6.07) is 7.15. The number of carbonyl (C=O) groups excluding carboxylic acids is 2. The molecule has 1 aromatic heterocycles. The SMILES string of the molecule is O=C(Nc1ncn[nH]1)c1ccc(CNC(=O)C2CCCCC2)cc1. The number of hydrogen-bond donors (Lipinski definition) is 3. The highest BCUT2D eigenvalue weighted by Crippen LogP contribution is 2.23. The number of aromatic amines is 1. The molecule has 3 rings (SSSR count). The van der Waals surface area contributed by atoms with Crippen molar-refractivity contribution in [1.29, 1.82) is 0 Å². The molecule has 3 N–H and O–H groups in total. The molecule has 1 aliphatic rings. The van der Waals surface area contributed by atoms with Crippen LogP contribution in [0.3, 0.4) is 0 Å². The lowest BCUT2D eigenvalue weighted by Crippen LogP contribution is -2.31. The molecule has 0 radical (unpaired) electrons. The van der Waals surface area contributed by atoms with E-state index in [1.165, 1.54) is 12.7 Å². The number of hydrogen-bond acceptors (Lipinski definition) is 4. The Morgan fingerprint density at radius 2 is 1.88 bits per heavy atom. The number of nitrogens with zero attached hydrogens (tertiary/aromatic N) is 2. The Bertz CT molecular complexity index is 676. The van der Waals surface area contributed by atoms with E-state index in [9.17, 15) is 9.59 Å². The average molecular weight is 327 g/mol. The number of anilines is 1. The number of carbonyl (C=O) groups is 2. The number of H-pyrrole nitrogens is 1. The molecule has 7 nitrogen and oxygen atoms in total. The summed E-state index contributed by atoms with van der Waals surface area (Å²) in [5, 5.41) is 11.8. The molecule has 2 aromatic rings. The van der Waals surface area contributed by atoms with E-state index in [1.54, 1.807) is 12.1 Å². The van der Waals surface area contributed by atoms with Gasteiger partial charge in [0.2, 0.25) is 11.9 Å². The van der Waals surface area contributed by atoms with Crippen molar-refractivity contribution in [2.45, 2.75) is 38.6 Å². The summed E-state index contributed by atoms with van der Waals surface area (Å²) >= 11 is 0. The zero-order valence-electron chi connectivity index (χ0n) is 13.4. The average Bonchev–Trinajstić information content (AvgIpc) is 3.14. The summed E-state index contributed by atoms with van der Waals surface area (Å²) in [6.07, 6.45) is 6.84. The molecule has 0 unspecified atom stereocenters. The Labute approximate surface area is 140 Å². The molecule has 1 saturated carbocycles. The lowest BCUT2D eigenvalue weighted by atomic mass is 9.88. The first-order valence-corrected chi connectivity index (χ1v) is 8.26. The van der Waals surface area contributed by atoms with E-state index in [0.29, 0.717) is 18.1 Å². The molecular weight excluding hydrogens is 306 g/mol. The molecule has 1 heterocycles. The molecular formula is C17H21N5O2. The van der Waals surface area contributed by atoms with Crippen molar-refractivity contribution in [3.05, 3.63) is 41.7 Å². The molecule has 1 aromatic carbocycles. The van der Waals surface area contributed by atoms with Crippen LogP contribution in [0.5, 0.6) is 0 Å². The standard InChI is InChI=1S/C17H21N5O2/c23-15(13-4-2-1-3-5-13)18-10-12-6-8-14(9-7-12)16(24)21-17-19-11-20-22-17/h6-9,11,13H,1-5,10H2,(H,18,23)(H2,19,20,21,22,24). The van der Waals surface area contributed by atoms with Crippen molar-refractivity contribution < 1.29 is 9.59 Å². The van der Waals surface area contributed by atoms with Crippen LogP contribution >= 0.6 is 0 Å². The number of benzene rings is 1. The van der Waals surface area contributed by atoms with E-state index in [2.05, 4.69) is 25.8 Å². The first kappa shape index (κ1) is 16.2. The third kappa shape index (κ3) is 4.18. The number of aromatic nitrogens is 3. The van der Waals surface area contributed by atoms with Crippen LogP contribution in [0, 0.1) is 5.92 Å². The van der Waals surface area contributed by atoms with Gasteiger partial charge in [-0.2, -0.15) is 10.1 Å². The summed E-state index contributed by atoms with van der Waals surface area (Å²) < 4.78 is 0. The van der Waals surface area contributed by atoms with Crippen LogP contribution in [-0.4, -0.2) is 27.0 Å². The Kier molecular flexibility index (Phi) is 5.20. The van der Waals surface area contributed by atoms with Crippen molar-refractivity contribution in [2.24, 2.45) is 5.92 Å². The van der Waals surface area contributed by atoms with Crippen molar-refractivity contribution in [1.82, 2.24) is 20.5 Å². The minimum absolute atomic E-state index is 0.141. The fraction of sp³-hybridized carbons (Fsp3) is 0.412. The zero-order chi connectivity index (χ0) is 16.8. The van der Waals surface area contributed by atoms with E-state index in [-0.39, 0.29) is 17.7 Å². The lowest BCUT2D eigenvalue weighted by Gasteiger charge is -2.20. The third-order valence-electron chi connectivity index (χ3n) is 4.31. The highest BCUT2D eigenvalue weighted by molar-refractivity contribution is 6.03. The molecule has 0 aliphatic heterocycles. The highest BCUT2D eigenvalue weighted by atomic mass is 16.2. The van der Waals surface area contributed by atoms with E-state index in [1.807, 2.05) is 12.1 Å². The van der Waals surface area contributed by atoms with Gasteiger partial charge in [0.25, 0.3) is 5.91 Å². The Hall–Kier alpha value is -2.70. The minimum Gasteiger partial charge on any atom is -0.352 e. The predicted molar refractivity (Wildman–Crippen MR) is 89.2 cm³/mol. The van der Waals surface area contributed by atoms with Crippen LogP contribution in [0.1, 0.15) is 48.0 Å². The van der Waals surface area contributed by atoms with Crippen LogP contribution in [0.25, 0.3) is 0 Å². The van der Waals surface area contributed by atoms with Crippen molar-refractivity contribution in [2.75, 3.05) is 5.32 Å². The van der Waals surface area contributed by atoms with Gasteiger partial charge in [-0.1, -0.05) is 31.4 Å². The first-order valence-electron chi connectivity index (χ1n) is 8.26. The molecule has 126 valence electrons. The highest BCUT2D eigenvalue weighted by Gasteiger charge is 2.20. The van der Waals surface area contributed by atoms with Gasteiger partial charge in [-0.05, 0) is 30.5 Å². The second-order valence-electron chi connectivity index (χ2n) is 6.04. The molecule has 1 aliphatic carbocycles. The number of amides is 2. The van der Waals surface area contributed by atoms with Gasteiger partial charge < -0.3 is 5.32 Å². The van der Waals surface area contributed by atoms with Crippen LogP contribution < -0.4 is 10.6 Å². The van der Waals surface area contributed by atoms with E-state index >= 15 is 0 Å². The maximum Gasteiger partial charge on any atom is 0.258 e. The van der Waals surface area contributed by atoms with Crippen LogP contribution in [0.2, 0.25) is 0 Å². The van der Waals surface area contributed by atoms with Crippen molar-refractivity contribution in [3.8, 4) is 0 Å². The van der Waals surface area contributed by atoms with Gasteiger partial charge in [-0.15, -0.1) is 0 Å². The van der Waals surface area contributed by atoms with Gasteiger partial charge in [-0.25, -0.2) is 5.10 Å². The summed E-state index contributed by atoms with van der Waals surface area (Å²) in [5.41, 5.74) is 1.49. The summed E-state index contributed by atoms with van der Waals surface area (Å²) in [4.78, 5) is 28.0. The third-order valence-corrected chi connectivity index (χ3v) is 4.31. The fourth-order valence-corrected chi connectivity index (χ4v) is 2.92. The summed E-state index contributed by atoms with van der Waals surface area (Å²) in [5.74, 6) is 0.348. The number of nitrogens with one attached hydrogen (secondary N) is 3. The molecule has 0 atom stereocenters. The van der Waals surface area contributed by atoms with Gasteiger partial charge >= 0.3 is 0 Å². The van der Waals surface area contributed by atoms with Gasteiger partial charge in [-0.3, -0.25) is 14.9 Å². The van der Waals surface area contributed by atoms with Gasteiger partial charge in [0.1, 0.15) is 6.33 Å². The van der Waals surface area contributed by atoms with Crippen LogP contribution in [-0.2, 0) is 11.3 Å². The Morgan fingerprint density at radius 1 is 1.12 bits per heavy atom. The van der Waals surface area contributed by atoms with Crippen molar-refractivity contribution >= 4 is 17.8 Å². The van der Waals surface area contributed by atoms with Crippen LogP contribution in [0.4, 0.5) is 5.95 Å². The first-order chi connectivity index (χ1) is 11.7. The number of rotatable bonds is 5. The largest absolute Gasteiger partial charge is 0.352 e. The van der Waals surface area contributed by atoms with Gasteiger partial charge in [0.05, 0.1) is 0 Å². The smallest absolute Gasteiger partial charge is 0.258 e. The van der Waals surface area contributed by atoms with E-state index < -0.39 is 0 Å². The fourth-order valence-electron chi connectivity index (χ4n) is 2.92. The van der Waals surface area contributed by atoms with Crippen molar-refractivity contribution in [3.63, 3.8) is 0 Å². The van der Waals surface area contributed by atoms with Gasteiger partial charge in [0.15, 0.2) is 0 Å². The summed E-state index contributed by atoms with van der Waals surface area (Å²) in [6.45, 7) is 0.485. The minimum atomic E-state index is -0.260. The predicted octanol–water partition coefficient (Wildman–Crippen LogP) is 2.25. The van der Waals surface area contributed by atoms with Crippen LogP contribution in [0.15, 0.2) is 30.6 Å². The maximum absolute atomic E-state index is 12.1. The maximum atomic E-state index is 12.1. The zero-order valence-corrected chi connectivity index (χ0v) is 13.4. The van der Waals surface area contributed by atoms with Gasteiger partial charge in [0, 0.05) is 18.0 Å². The molecule has 7 heteroatoms. The Morgan fingerprint density at radius 3 is 2.54 bits per heavy atom. The molecule has 24 heavy (non-hydrogen) atoms. The van der Waals surface area contributed by atoms with E-state index in [4.69, 9.17) is 0 Å². The molecule has 2 amide bonds. The quantitative estimate of drug-likeness (QED) is 0.784. The molecule has 0 spiro atoms. The molecule has 0 bridgehead atoms. The molecule has 0 saturated heterocycles. The monoisotopic (exact) mass is 327 g/mol. The second-order valence-corrected chi connectivity index (χ2v) is 6.04. The Balaban J connectivity index is 1.50.